The fraction of sp³-hybridized carbons (Fsp3) is 0.579. The number of rotatable bonds is 4. The SMILES string of the molecule is Cc1ccc(C(=O)N2CCC(C(=O)NCC3(C)COC3)CC2)cc1. The van der Waals surface area contributed by atoms with E-state index in [-0.39, 0.29) is 23.1 Å². The second-order valence-corrected chi connectivity index (χ2v) is 7.45. The van der Waals surface area contributed by atoms with Crippen molar-refractivity contribution in [2.45, 2.75) is 26.7 Å². The Morgan fingerprint density at radius 1 is 1.21 bits per heavy atom. The lowest BCUT2D eigenvalue weighted by Gasteiger charge is -2.38. The molecule has 0 atom stereocenters. The third-order valence-electron chi connectivity index (χ3n) is 5.04. The molecule has 2 aliphatic rings. The van der Waals surface area contributed by atoms with Crippen LogP contribution in [0.4, 0.5) is 0 Å². The van der Waals surface area contributed by atoms with Crippen LogP contribution in [-0.2, 0) is 9.53 Å². The number of hydrogen-bond acceptors (Lipinski definition) is 3. The molecule has 130 valence electrons. The monoisotopic (exact) mass is 330 g/mol. The molecular formula is C19H26N2O3. The van der Waals surface area contributed by atoms with Gasteiger partial charge in [0, 0.05) is 36.5 Å². The minimum atomic E-state index is 0.0108. The van der Waals surface area contributed by atoms with E-state index in [1.54, 1.807) is 0 Å². The molecule has 1 N–H and O–H groups in total. The first kappa shape index (κ1) is 17.0. The summed E-state index contributed by atoms with van der Waals surface area (Å²) in [5, 5.41) is 3.05. The van der Waals surface area contributed by atoms with E-state index in [2.05, 4.69) is 12.2 Å². The largest absolute Gasteiger partial charge is 0.380 e. The second-order valence-electron chi connectivity index (χ2n) is 7.45. The van der Waals surface area contributed by atoms with Gasteiger partial charge in [-0.05, 0) is 31.9 Å². The molecule has 1 aromatic carbocycles. The van der Waals surface area contributed by atoms with Gasteiger partial charge in [-0.15, -0.1) is 0 Å². The van der Waals surface area contributed by atoms with Crippen molar-refractivity contribution >= 4 is 11.8 Å². The Kier molecular flexibility index (Phi) is 4.90. The van der Waals surface area contributed by atoms with E-state index >= 15 is 0 Å². The Labute approximate surface area is 143 Å². The van der Waals surface area contributed by atoms with Crippen LogP contribution in [0.1, 0.15) is 35.7 Å². The minimum Gasteiger partial charge on any atom is -0.380 e. The zero-order valence-corrected chi connectivity index (χ0v) is 14.5. The summed E-state index contributed by atoms with van der Waals surface area (Å²) >= 11 is 0. The van der Waals surface area contributed by atoms with Crippen LogP contribution in [0.15, 0.2) is 24.3 Å². The van der Waals surface area contributed by atoms with Gasteiger partial charge in [0.15, 0.2) is 0 Å². The number of amides is 2. The summed E-state index contributed by atoms with van der Waals surface area (Å²) in [5.41, 5.74) is 1.96. The molecule has 0 aliphatic carbocycles. The van der Waals surface area contributed by atoms with Gasteiger partial charge in [0.25, 0.3) is 5.91 Å². The van der Waals surface area contributed by atoms with E-state index in [4.69, 9.17) is 4.74 Å². The third kappa shape index (κ3) is 3.78. The molecule has 2 amide bonds. The number of benzene rings is 1. The van der Waals surface area contributed by atoms with Gasteiger partial charge in [-0.1, -0.05) is 24.6 Å². The summed E-state index contributed by atoms with van der Waals surface area (Å²) in [6.45, 7) is 7.53. The molecule has 0 bridgehead atoms. The standard InChI is InChI=1S/C19H26N2O3/c1-14-3-5-16(6-4-14)18(23)21-9-7-15(8-10-21)17(22)20-11-19(2)12-24-13-19/h3-6,15H,7-13H2,1-2H3,(H,20,22). The average molecular weight is 330 g/mol. The smallest absolute Gasteiger partial charge is 0.253 e. The highest BCUT2D eigenvalue weighted by Crippen LogP contribution is 2.26. The maximum absolute atomic E-state index is 12.5. The molecule has 0 spiro atoms. The lowest BCUT2D eigenvalue weighted by Crippen LogP contribution is -2.50. The summed E-state index contributed by atoms with van der Waals surface area (Å²) in [7, 11) is 0. The molecule has 0 radical (unpaired) electrons. The number of likely N-dealkylation sites (tertiary alicyclic amines) is 1. The number of nitrogens with one attached hydrogen (secondary N) is 1. The first-order valence-corrected chi connectivity index (χ1v) is 8.68. The van der Waals surface area contributed by atoms with Crippen molar-refractivity contribution in [1.82, 2.24) is 10.2 Å². The molecule has 0 saturated carbocycles. The van der Waals surface area contributed by atoms with Crippen molar-refractivity contribution in [2.24, 2.45) is 11.3 Å². The molecule has 3 rings (SSSR count). The predicted molar refractivity (Wildman–Crippen MR) is 91.7 cm³/mol. The topological polar surface area (TPSA) is 58.6 Å². The van der Waals surface area contributed by atoms with Crippen LogP contribution < -0.4 is 5.32 Å². The second kappa shape index (κ2) is 6.93. The number of aryl methyl sites for hydroxylation is 1. The Morgan fingerprint density at radius 3 is 2.38 bits per heavy atom. The van der Waals surface area contributed by atoms with Gasteiger partial charge in [-0.2, -0.15) is 0 Å². The van der Waals surface area contributed by atoms with Crippen LogP contribution in [0.3, 0.4) is 0 Å². The van der Waals surface area contributed by atoms with Crippen molar-refractivity contribution in [3.8, 4) is 0 Å². The number of carbonyl (C=O) groups excluding carboxylic acids is 2. The highest BCUT2D eigenvalue weighted by Gasteiger charge is 2.35. The van der Waals surface area contributed by atoms with Gasteiger partial charge in [-0.25, -0.2) is 0 Å². The predicted octanol–water partition coefficient (Wildman–Crippen LogP) is 2.00. The van der Waals surface area contributed by atoms with Crippen LogP contribution in [0.25, 0.3) is 0 Å². The van der Waals surface area contributed by atoms with Gasteiger partial charge in [0.05, 0.1) is 13.2 Å². The Balaban J connectivity index is 1.47. The summed E-state index contributed by atoms with van der Waals surface area (Å²) in [4.78, 5) is 26.7. The van der Waals surface area contributed by atoms with Gasteiger partial charge < -0.3 is 15.0 Å². The Morgan fingerprint density at radius 2 is 1.83 bits per heavy atom. The molecule has 0 unspecified atom stereocenters. The number of ether oxygens (including phenoxy) is 1. The van der Waals surface area contributed by atoms with Crippen molar-refractivity contribution in [2.75, 3.05) is 32.8 Å². The van der Waals surface area contributed by atoms with Gasteiger partial charge in [0.2, 0.25) is 5.91 Å². The average Bonchev–Trinajstić information content (AvgIpc) is 2.58. The fourth-order valence-corrected chi connectivity index (χ4v) is 3.22. The van der Waals surface area contributed by atoms with Crippen LogP contribution >= 0.6 is 0 Å². The van der Waals surface area contributed by atoms with E-state index < -0.39 is 0 Å². The molecule has 5 nitrogen and oxygen atoms in total. The van der Waals surface area contributed by atoms with Gasteiger partial charge >= 0.3 is 0 Å². The zero-order chi connectivity index (χ0) is 17.2. The molecule has 5 heteroatoms. The fourth-order valence-electron chi connectivity index (χ4n) is 3.22. The molecular weight excluding hydrogens is 304 g/mol. The first-order valence-electron chi connectivity index (χ1n) is 8.68. The lowest BCUT2D eigenvalue weighted by atomic mass is 9.88. The Hall–Kier alpha value is -1.88. The maximum atomic E-state index is 12.5. The van der Waals surface area contributed by atoms with E-state index in [0.29, 0.717) is 19.6 Å². The molecule has 0 aromatic heterocycles. The quantitative estimate of drug-likeness (QED) is 0.919. The maximum Gasteiger partial charge on any atom is 0.253 e. The normalized spacial score (nSPS) is 20.3. The molecule has 24 heavy (non-hydrogen) atoms. The summed E-state index contributed by atoms with van der Waals surface area (Å²) in [6, 6.07) is 7.66. The van der Waals surface area contributed by atoms with E-state index in [0.717, 1.165) is 37.2 Å². The molecule has 2 saturated heterocycles. The molecule has 2 aliphatic heterocycles. The van der Waals surface area contributed by atoms with Crippen molar-refractivity contribution in [3.05, 3.63) is 35.4 Å². The third-order valence-corrected chi connectivity index (χ3v) is 5.04. The zero-order valence-electron chi connectivity index (χ0n) is 14.5. The minimum absolute atomic E-state index is 0.0108. The summed E-state index contributed by atoms with van der Waals surface area (Å²) in [6.07, 6.45) is 1.47. The van der Waals surface area contributed by atoms with Crippen molar-refractivity contribution in [1.29, 1.82) is 0 Å². The summed E-state index contributed by atoms with van der Waals surface area (Å²) < 4.78 is 5.21. The molecule has 2 fully saturated rings. The highest BCUT2D eigenvalue weighted by atomic mass is 16.5. The first-order chi connectivity index (χ1) is 11.5. The lowest BCUT2D eigenvalue weighted by molar-refractivity contribution is -0.131. The van der Waals surface area contributed by atoms with E-state index in [1.165, 1.54) is 0 Å². The molecule has 1 aromatic rings. The summed E-state index contributed by atoms with van der Waals surface area (Å²) in [5.74, 6) is 0.190. The van der Waals surface area contributed by atoms with Crippen molar-refractivity contribution in [3.63, 3.8) is 0 Å². The van der Waals surface area contributed by atoms with E-state index in [1.807, 2.05) is 36.1 Å². The van der Waals surface area contributed by atoms with E-state index in [9.17, 15) is 9.59 Å². The highest BCUT2D eigenvalue weighted by molar-refractivity contribution is 5.94. The van der Waals surface area contributed by atoms with Crippen LogP contribution in [0, 0.1) is 18.3 Å². The molecule has 2 heterocycles. The number of piperidine rings is 1. The number of carbonyl (C=O) groups is 2. The number of nitrogens with zero attached hydrogens (tertiary/aromatic N) is 1. The van der Waals surface area contributed by atoms with Gasteiger partial charge in [0.1, 0.15) is 0 Å². The van der Waals surface area contributed by atoms with Gasteiger partial charge in [-0.3, -0.25) is 9.59 Å². The Bertz CT molecular complexity index is 600. The van der Waals surface area contributed by atoms with Crippen LogP contribution in [0.5, 0.6) is 0 Å². The number of hydrogen-bond donors (Lipinski definition) is 1. The van der Waals surface area contributed by atoms with Crippen LogP contribution in [0.2, 0.25) is 0 Å². The van der Waals surface area contributed by atoms with Crippen molar-refractivity contribution < 1.29 is 14.3 Å². The van der Waals surface area contributed by atoms with Crippen LogP contribution in [-0.4, -0.2) is 49.6 Å².